The molecule has 3 aromatic heterocycles. The second-order valence-electron chi connectivity index (χ2n) is 9.67. The maximum Gasteiger partial charge on any atom is 0.200 e. The van der Waals surface area contributed by atoms with E-state index in [9.17, 15) is 0 Å². The molecule has 8 nitrogen and oxygen atoms in total. The van der Waals surface area contributed by atoms with E-state index in [1.807, 2.05) is 10.8 Å². The molecular weight excluding hydrogens is 352 g/mol. The van der Waals surface area contributed by atoms with Gasteiger partial charge in [-0.15, -0.1) is 10.2 Å². The Morgan fingerprint density at radius 2 is 1.96 bits per heavy atom. The second-order valence-corrected chi connectivity index (χ2v) is 9.67. The molecule has 3 aromatic rings. The van der Waals surface area contributed by atoms with Crippen molar-refractivity contribution in [2.45, 2.75) is 69.4 Å². The molecule has 146 valence electrons. The first-order valence-electron chi connectivity index (χ1n) is 10.4. The van der Waals surface area contributed by atoms with Crippen LogP contribution in [0.4, 0.5) is 5.69 Å². The first-order chi connectivity index (χ1) is 13.5. The normalized spacial score (nSPS) is 33.8. The largest absolute Gasteiger partial charge is 0.376 e. The SMILES string of the molecule is CC(C)c1cc(NC23CC4CC(C2)CC(n2cncn2)(C4)C3)c2nncn2n1. The summed E-state index contributed by atoms with van der Waals surface area (Å²) in [6.07, 6.45) is 12.6. The van der Waals surface area contributed by atoms with Crippen LogP contribution in [0.15, 0.2) is 25.0 Å². The van der Waals surface area contributed by atoms with Crippen molar-refractivity contribution in [3.8, 4) is 0 Å². The first-order valence-corrected chi connectivity index (χ1v) is 10.4. The van der Waals surface area contributed by atoms with Gasteiger partial charge in [0.05, 0.1) is 16.9 Å². The van der Waals surface area contributed by atoms with E-state index in [1.165, 1.54) is 32.1 Å². The zero-order valence-electron chi connectivity index (χ0n) is 16.4. The predicted octanol–water partition coefficient (Wildman–Crippen LogP) is 3.00. The second kappa shape index (κ2) is 5.52. The van der Waals surface area contributed by atoms with Crippen LogP contribution in [0, 0.1) is 11.8 Å². The molecule has 0 radical (unpaired) electrons. The number of rotatable bonds is 4. The van der Waals surface area contributed by atoms with Crippen LogP contribution in [-0.4, -0.2) is 40.1 Å². The van der Waals surface area contributed by atoms with E-state index < -0.39 is 0 Å². The average molecular weight is 378 g/mol. The molecule has 28 heavy (non-hydrogen) atoms. The lowest BCUT2D eigenvalue weighted by Crippen LogP contribution is -2.62. The van der Waals surface area contributed by atoms with Crippen molar-refractivity contribution in [3.63, 3.8) is 0 Å². The summed E-state index contributed by atoms with van der Waals surface area (Å²) in [4.78, 5) is 4.25. The lowest BCUT2D eigenvalue weighted by Gasteiger charge is -2.62. The maximum atomic E-state index is 4.67. The van der Waals surface area contributed by atoms with E-state index in [0.29, 0.717) is 5.92 Å². The van der Waals surface area contributed by atoms with Crippen LogP contribution in [0.1, 0.15) is 64.0 Å². The number of hydrogen-bond acceptors (Lipinski definition) is 6. The van der Waals surface area contributed by atoms with Gasteiger partial charge in [0.2, 0.25) is 5.65 Å². The Bertz CT molecular complexity index is 1010. The molecule has 2 unspecified atom stereocenters. The van der Waals surface area contributed by atoms with Crippen LogP contribution < -0.4 is 5.32 Å². The van der Waals surface area contributed by atoms with Gasteiger partial charge in [-0.2, -0.15) is 14.7 Å². The van der Waals surface area contributed by atoms with Crippen molar-refractivity contribution in [1.29, 1.82) is 0 Å². The highest BCUT2D eigenvalue weighted by atomic mass is 15.4. The van der Waals surface area contributed by atoms with Crippen LogP contribution in [-0.2, 0) is 5.54 Å². The van der Waals surface area contributed by atoms with Crippen molar-refractivity contribution >= 4 is 11.3 Å². The summed E-state index contributed by atoms with van der Waals surface area (Å²) in [5.41, 5.74) is 3.12. The van der Waals surface area contributed by atoms with Gasteiger partial charge in [0.1, 0.15) is 19.0 Å². The van der Waals surface area contributed by atoms with Crippen LogP contribution in [0.3, 0.4) is 0 Å². The Morgan fingerprint density at radius 1 is 1.14 bits per heavy atom. The van der Waals surface area contributed by atoms with E-state index in [4.69, 9.17) is 0 Å². The number of anilines is 1. The van der Waals surface area contributed by atoms with E-state index in [-0.39, 0.29) is 11.1 Å². The van der Waals surface area contributed by atoms with Crippen LogP contribution in [0.2, 0.25) is 0 Å². The molecule has 1 N–H and O–H groups in total. The highest BCUT2D eigenvalue weighted by Gasteiger charge is 2.59. The molecular formula is C20H26N8. The monoisotopic (exact) mass is 378 g/mol. The standard InChI is InChI=1S/C20H26N8/c1-13(2)16-4-17(18-25-22-12-27(18)26-16)24-19-5-14-3-15(6-19)8-20(7-14,9-19)28-11-21-10-23-28/h4,10-15,24H,3,5-9H2,1-2H3. The van der Waals surface area contributed by atoms with Crippen molar-refractivity contribution < 1.29 is 0 Å². The molecule has 7 rings (SSSR count). The molecule has 4 aliphatic carbocycles. The Balaban J connectivity index is 1.42. The minimum absolute atomic E-state index is 0.0814. The fourth-order valence-corrected chi connectivity index (χ4v) is 6.59. The number of hydrogen-bond donors (Lipinski definition) is 1. The summed E-state index contributed by atoms with van der Waals surface area (Å²) < 4.78 is 3.96. The number of aromatic nitrogens is 7. The predicted molar refractivity (Wildman–Crippen MR) is 104 cm³/mol. The molecule has 4 aliphatic rings. The van der Waals surface area contributed by atoms with Gasteiger partial charge in [0.25, 0.3) is 0 Å². The van der Waals surface area contributed by atoms with Crippen molar-refractivity contribution in [3.05, 3.63) is 30.7 Å². The molecule has 0 saturated heterocycles. The molecule has 4 fully saturated rings. The summed E-state index contributed by atoms with van der Waals surface area (Å²) in [6, 6.07) is 2.18. The van der Waals surface area contributed by atoms with Gasteiger partial charge in [0, 0.05) is 5.54 Å². The zero-order valence-corrected chi connectivity index (χ0v) is 16.4. The third-order valence-corrected chi connectivity index (χ3v) is 7.21. The third kappa shape index (κ3) is 2.32. The van der Waals surface area contributed by atoms with Crippen molar-refractivity contribution in [2.24, 2.45) is 11.8 Å². The minimum atomic E-state index is 0.0814. The molecule has 0 amide bonds. The summed E-state index contributed by atoms with van der Waals surface area (Å²) in [5.74, 6) is 1.85. The Kier molecular flexibility index (Phi) is 3.24. The van der Waals surface area contributed by atoms with Gasteiger partial charge in [-0.05, 0) is 62.3 Å². The lowest BCUT2D eigenvalue weighted by molar-refractivity contribution is -0.0557. The first kappa shape index (κ1) is 16.4. The fourth-order valence-electron chi connectivity index (χ4n) is 6.59. The molecule has 8 heteroatoms. The molecule has 4 saturated carbocycles. The Hall–Kier alpha value is -2.51. The third-order valence-electron chi connectivity index (χ3n) is 7.21. The summed E-state index contributed by atoms with van der Waals surface area (Å²) in [5, 5.41) is 21.7. The smallest absolute Gasteiger partial charge is 0.200 e. The van der Waals surface area contributed by atoms with Gasteiger partial charge in [-0.1, -0.05) is 13.8 Å². The Morgan fingerprint density at radius 3 is 2.68 bits per heavy atom. The average Bonchev–Trinajstić information content (AvgIpc) is 3.32. The molecule has 0 aliphatic heterocycles. The van der Waals surface area contributed by atoms with Gasteiger partial charge in [-0.3, -0.25) is 0 Å². The van der Waals surface area contributed by atoms with Crippen LogP contribution >= 0.6 is 0 Å². The minimum Gasteiger partial charge on any atom is -0.376 e. The van der Waals surface area contributed by atoms with Gasteiger partial charge in [0.15, 0.2) is 0 Å². The van der Waals surface area contributed by atoms with Gasteiger partial charge >= 0.3 is 0 Å². The van der Waals surface area contributed by atoms with Crippen LogP contribution in [0.25, 0.3) is 5.65 Å². The summed E-state index contributed by atoms with van der Waals surface area (Å²) in [6.45, 7) is 4.35. The van der Waals surface area contributed by atoms with E-state index in [2.05, 4.69) is 55.3 Å². The maximum absolute atomic E-state index is 4.67. The van der Waals surface area contributed by atoms with E-state index in [0.717, 1.165) is 35.3 Å². The topological polar surface area (TPSA) is 85.8 Å². The number of fused-ring (bicyclic) bond motifs is 1. The molecule has 0 aromatic carbocycles. The number of nitrogens with zero attached hydrogens (tertiary/aromatic N) is 7. The zero-order chi connectivity index (χ0) is 18.9. The van der Waals surface area contributed by atoms with Crippen molar-refractivity contribution in [1.82, 2.24) is 34.6 Å². The summed E-state index contributed by atoms with van der Waals surface area (Å²) >= 11 is 0. The fraction of sp³-hybridized carbons (Fsp3) is 0.650. The molecule has 4 bridgehead atoms. The molecule has 2 atom stereocenters. The van der Waals surface area contributed by atoms with Crippen LogP contribution in [0.5, 0.6) is 0 Å². The Labute approximate surface area is 163 Å². The van der Waals surface area contributed by atoms with Gasteiger partial charge in [-0.25, -0.2) is 9.67 Å². The molecule has 0 spiro atoms. The quantitative estimate of drug-likeness (QED) is 0.751. The number of nitrogens with one attached hydrogen (secondary N) is 1. The van der Waals surface area contributed by atoms with E-state index >= 15 is 0 Å². The molecule has 3 heterocycles. The van der Waals surface area contributed by atoms with Gasteiger partial charge < -0.3 is 5.32 Å². The highest BCUT2D eigenvalue weighted by Crippen LogP contribution is 2.61. The summed E-state index contributed by atoms with van der Waals surface area (Å²) in [7, 11) is 0. The highest BCUT2D eigenvalue weighted by molar-refractivity contribution is 5.68. The lowest BCUT2D eigenvalue weighted by atomic mass is 9.50. The van der Waals surface area contributed by atoms with Crippen molar-refractivity contribution in [2.75, 3.05) is 5.32 Å². The van der Waals surface area contributed by atoms with E-state index in [1.54, 1.807) is 12.7 Å².